The van der Waals surface area contributed by atoms with Crippen LogP contribution < -0.4 is 15.0 Å². The Hall–Kier alpha value is -2.61. The molecule has 32 heavy (non-hydrogen) atoms. The molecule has 0 radical (unpaired) electrons. The average Bonchev–Trinajstić information content (AvgIpc) is 3.27. The highest BCUT2D eigenvalue weighted by molar-refractivity contribution is 7.14. The normalized spacial score (nSPS) is 10.7. The maximum atomic E-state index is 12.5. The molecule has 7 nitrogen and oxygen atoms in total. The molecule has 176 valence electrons. The van der Waals surface area contributed by atoms with Crippen molar-refractivity contribution >= 4 is 28.5 Å². The number of unbranched alkanes of at least 4 members (excludes halogenated alkanes) is 4. The van der Waals surface area contributed by atoms with Crippen molar-refractivity contribution in [1.29, 1.82) is 0 Å². The van der Waals surface area contributed by atoms with E-state index in [1.807, 2.05) is 30.5 Å². The molecule has 0 bridgehead atoms. The maximum Gasteiger partial charge on any atom is 0.323 e. The predicted molar refractivity (Wildman–Crippen MR) is 130 cm³/mol. The molecule has 1 aromatic heterocycles. The second-order valence-electron chi connectivity index (χ2n) is 7.79. The number of carboxylic acids is 1. The molecule has 2 amide bonds. The molecule has 0 aliphatic rings. The quantitative estimate of drug-likeness (QED) is 0.350. The second kappa shape index (κ2) is 13.7. The predicted octanol–water partition coefficient (Wildman–Crippen LogP) is 5.73. The van der Waals surface area contributed by atoms with Crippen molar-refractivity contribution in [3.63, 3.8) is 0 Å². The topological polar surface area (TPSA) is 91.8 Å². The molecular formula is C24H35N3O4S. The van der Waals surface area contributed by atoms with Crippen LogP contribution in [-0.4, -0.2) is 42.3 Å². The molecule has 2 rings (SSSR count). The van der Waals surface area contributed by atoms with Gasteiger partial charge in [-0.3, -0.25) is 9.69 Å². The first-order chi connectivity index (χ1) is 15.5. The third kappa shape index (κ3) is 8.15. The van der Waals surface area contributed by atoms with Crippen LogP contribution in [0.1, 0.15) is 64.4 Å². The fourth-order valence-electron chi connectivity index (χ4n) is 3.19. The molecule has 0 saturated carbocycles. The van der Waals surface area contributed by atoms with Crippen molar-refractivity contribution in [1.82, 2.24) is 10.3 Å². The number of benzene rings is 1. The number of rotatable bonds is 14. The Kier molecular flexibility index (Phi) is 11.0. The summed E-state index contributed by atoms with van der Waals surface area (Å²) in [6.07, 6.45) is 7.14. The Labute approximate surface area is 194 Å². The third-order valence-corrected chi connectivity index (χ3v) is 5.97. The number of carbonyl (C=O) groups is 2. The van der Waals surface area contributed by atoms with E-state index in [1.165, 1.54) is 35.5 Å². The number of aromatic nitrogens is 1. The van der Waals surface area contributed by atoms with Crippen molar-refractivity contribution in [3.05, 3.63) is 29.1 Å². The molecule has 0 saturated heterocycles. The van der Waals surface area contributed by atoms with Crippen LogP contribution in [0.5, 0.6) is 5.75 Å². The number of thiazole rings is 1. The Bertz CT molecular complexity index is 869. The van der Waals surface area contributed by atoms with Gasteiger partial charge in [0.1, 0.15) is 5.75 Å². The summed E-state index contributed by atoms with van der Waals surface area (Å²) >= 11 is 1.40. The van der Waals surface area contributed by atoms with E-state index in [9.17, 15) is 9.59 Å². The summed E-state index contributed by atoms with van der Waals surface area (Å²) in [4.78, 5) is 29.5. The van der Waals surface area contributed by atoms with Gasteiger partial charge in [-0.2, -0.15) is 0 Å². The zero-order chi connectivity index (χ0) is 23.3. The molecule has 1 heterocycles. The van der Waals surface area contributed by atoms with Crippen molar-refractivity contribution < 1.29 is 19.4 Å². The zero-order valence-electron chi connectivity index (χ0n) is 19.4. The Morgan fingerprint density at radius 2 is 1.94 bits per heavy atom. The minimum Gasteiger partial charge on any atom is -0.493 e. The number of aryl methyl sites for hydroxylation is 1. The lowest BCUT2D eigenvalue weighted by atomic mass is 10.0. The number of carboxylic acid groups (broad SMARTS) is 1. The zero-order valence-corrected chi connectivity index (χ0v) is 20.2. The van der Waals surface area contributed by atoms with E-state index in [1.54, 1.807) is 7.05 Å². The van der Waals surface area contributed by atoms with Gasteiger partial charge in [-0.1, -0.05) is 45.6 Å². The van der Waals surface area contributed by atoms with Gasteiger partial charge in [0.15, 0.2) is 5.13 Å². The fraction of sp³-hybridized carbons (Fsp3) is 0.542. The van der Waals surface area contributed by atoms with Crippen LogP contribution in [0.25, 0.3) is 11.3 Å². The molecule has 0 aliphatic heterocycles. The van der Waals surface area contributed by atoms with E-state index >= 15 is 0 Å². The molecular weight excluding hydrogens is 426 g/mol. The first kappa shape index (κ1) is 25.6. The summed E-state index contributed by atoms with van der Waals surface area (Å²) in [6.45, 7) is 5.45. The first-order valence-electron chi connectivity index (χ1n) is 11.4. The van der Waals surface area contributed by atoms with Gasteiger partial charge in [-0.05, 0) is 37.0 Å². The third-order valence-electron chi connectivity index (χ3n) is 5.05. The number of carbonyl (C=O) groups excluding carboxylic acids is 1. The molecule has 0 fully saturated rings. The van der Waals surface area contributed by atoms with Crippen molar-refractivity contribution in [2.45, 2.75) is 65.2 Å². The van der Waals surface area contributed by atoms with Crippen LogP contribution in [0.2, 0.25) is 0 Å². The molecule has 0 unspecified atom stereocenters. The highest BCUT2D eigenvalue weighted by atomic mass is 32.1. The van der Waals surface area contributed by atoms with Crippen LogP contribution >= 0.6 is 11.3 Å². The van der Waals surface area contributed by atoms with Crippen molar-refractivity contribution in [2.24, 2.45) is 0 Å². The standard InChI is InChI=1S/C24H35N3O4S/c1-4-6-7-8-9-14-25-23(30)27(3)24-26-20(17-32-24)19-12-10-18(11-13-22(28)29)16-21(19)31-15-5-2/h10,12,16-17H,4-9,11,13-15H2,1-3H3,(H,25,30)(H,28,29). The lowest BCUT2D eigenvalue weighted by Gasteiger charge is -2.15. The van der Waals surface area contributed by atoms with Gasteiger partial charge in [0, 0.05) is 31.0 Å². The van der Waals surface area contributed by atoms with Crippen LogP contribution in [0.4, 0.5) is 9.93 Å². The molecule has 0 atom stereocenters. The van der Waals surface area contributed by atoms with Gasteiger partial charge in [-0.15, -0.1) is 11.3 Å². The van der Waals surface area contributed by atoms with Crippen LogP contribution in [0.15, 0.2) is 23.6 Å². The molecule has 2 N–H and O–H groups in total. The largest absolute Gasteiger partial charge is 0.493 e. The Balaban J connectivity index is 2.05. The fourth-order valence-corrected chi connectivity index (χ4v) is 3.98. The number of hydrogen-bond donors (Lipinski definition) is 2. The maximum absolute atomic E-state index is 12.5. The number of aliphatic carboxylic acids is 1. The number of nitrogens with zero attached hydrogens (tertiary/aromatic N) is 2. The Morgan fingerprint density at radius 1 is 1.16 bits per heavy atom. The highest BCUT2D eigenvalue weighted by Gasteiger charge is 2.17. The molecule has 0 aliphatic carbocycles. The van der Waals surface area contributed by atoms with Crippen molar-refractivity contribution in [3.8, 4) is 17.0 Å². The summed E-state index contributed by atoms with van der Waals surface area (Å²) in [7, 11) is 1.72. The smallest absolute Gasteiger partial charge is 0.323 e. The second-order valence-corrected chi connectivity index (χ2v) is 8.63. The number of anilines is 1. The lowest BCUT2D eigenvalue weighted by Crippen LogP contribution is -2.37. The van der Waals surface area contributed by atoms with Gasteiger partial charge in [0.05, 0.1) is 12.3 Å². The summed E-state index contributed by atoms with van der Waals surface area (Å²) in [5.41, 5.74) is 2.48. The number of hydrogen-bond acceptors (Lipinski definition) is 5. The van der Waals surface area contributed by atoms with E-state index < -0.39 is 5.97 Å². The van der Waals surface area contributed by atoms with E-state index in [2.05, 4.69) is 17.2 Å². The van der Waals surface area contributed by atoms with Gasteiger partial charge >= 0.3 is 12.0 Å². The summed E-state index contributed by atoms with van der Waals surface area (Å²) in [5, 5.41) is 14.4. The van der Waals surface area contributed by atoms with E-state index in [4.69, 9.17) is 9.84 Å². The SMILES string of the molecule is CCCCCCCNC(=O)N(C)c1nc(-c2ccc(CCC(=O)O)cc2OCCC)cs1. The highest BCUT2D eigenvalue weighted by Crippen LogP contribution is 2.34. The van der Waals surface area contributed by atoms with Crippen LogP contribution in [0, 0.1) is 0 Å². The number of nitrogens with one attached hydrogen (secondary N) is 1. The van der Waals surface area contributed by atoms with Crippen molar-refractivity contribution in [2.75, 3.05) is 25.1 Å². The molecule has 1 aromatic carbocycles. The minimum absolute atomic E-state index is 0.0753. The van der Waals surface area contributed by atoms with Gasteiger partial charge in [0.25, 0.3) is 0 Å². The first-order valence-corrected chi connectivity index (χ1v) is 12.3. The summed E-state index contributed by atoms with van der Waals surface area (Å²) in [6, 6.07) is 5.55. The van der Waals surface area contributed by atoms with Gasteiger partial charge in [0.2, 0.25) is 0 Å². The Morgan fingerprint density at radius 3 is 2.66 bits per heavy atom. The van der Waals surface area contributed by atoms with E-state index in [0.29, 0.717) is 30.5 Å². The van der Waals surface area contributed by atoms with Gasteiger partial charge in [-0.25, -0.2) is 9.78 Å². The molecule has 2 aromatic rings. The van der Waals surface area contributed by atoms with Crippen LogP contribution in [0.3, 0.4) is 0 Å². The number of ether oxygens (including phenoxy) is 1. The number of amides is 2. The van der Waals surface area contributed by atoms with Crippen LogP contribution in [-0.2, 0) is 11.2 Å². The van der Waals surface area contributed by atoms with E-state index in [0.717, 1.165) is 36.1 Å². The monoisotopic (exact) mass is 461 g/mol. The molecule has 0 spiro atoms. The molecule has 8 heteroatoms. The van der Waals surface area contributed by atoms with E-state index in [-0.39, 0.29) is 12.5 Å². The van der Waals surface area contributed by atoms with Gasteiger partial charge < -0.3 is 15.2 Å². The average molecular weight is 462 g/mol. The summed E-state index contributed by atoms with van der Waals surface area (Å²) < 4.78 is 5.92. The number of urea groups is 1. The summed E-state index contributed by atoms with van der Waals surface area (Å²) in [5.74, 6) is -0.137. The minimum atomic E-state index is -0.823. The lowest BCUT2D eigenvalue weighted by molar-refractivity contribution is -0.136.